The Bertz CT molecular complexity index is 852. The number of rotatable bonds is 4. The van der Waals surface area contributed by atoms with Gasteiger partial charge in [-0.1, -0.05) is 6.92 Å². The fourth-order valence-corrected chi connectivity index (χ4v) is 4.68. The summed E-state index contributed by atoms with van der Waals surface area (Å²) in [4.78, 5) is 28.4. The van der Waals surface area contributed by atoms with Crippen LogP contribution in [0.1, 0.15) is 45.4 Å². The van der Waals surface area contributed by atoms with E-state index in [0.717, 1.165) is 16.9 Å². The molecule has 0 bridgehead atoms. The molecule has 27 heavy (non-hydrogen) atoms. The number of hydrogen-bond donors (Lipinski definition) is 0. The van der Waals surface area contributed by atoms with Gasteiger partial charge in [0.1, 0.15) is 13.2 Å². The van der Waals surface area contributed by atoms with Crippen LogP contribution in [0.15, 0.2) is 29.6 Å². The monoisotopic (exact) mass is 385 g/mol. The third-order valence-corrected chi connectivity index (χ3v) is 6.25. The molecule has 0 spiro atoms. The minimum atomic E-state index is -0.0504. The zero-order valence-corrected chi connectivity index (χ0v) is 16.2. The molecule has 0 unspecified atom stereocenters. The number of likely N-dealkylation sites (tertiary alicyclic amines) is 1. The number of ketones is 1. The Labute approximate surface area is 162 Å². The normalized spacial score (nSPS) is 17.0. The van der Waals surface area contributed by atoms with Crippen LogP contribution in [-0.4, -0.2) is 42.9 Å². The molecule has 0 saturated carbocycles. The van der Waals surface area contributed by atoms with Gasteiger partial charge in [0.25, 0.3) is 5.91 Å². The van der Waals surface area contributed by atoms with E-state index in [1.807, 2.05) is 28.5 Å². The molecule has 1 aromatic carbocycles. The van der Waals surface area contributed by atoms with E-state index in [9.17, 15) is 9.59 Å². The molecule has 2 aliphatic rings. The summed E-state index contributed by atoms with van der Waals surface area (Å²) in [5, 5.41) is 1.98. The second-order valence-electron chi connectivity index (χ2n) is 6.92. The highest BCUT2D eigenvalue weighted by Crippen LogP contribution is 2.33. The number of thiophene rings is 1. The lowest BCUT2D eigenvalue weighted by Gasteiger charge is -2.31. The van der Waals surface area contributed by atoms with Gasteiger partial charge in [-0.05, 0) is 54.5 Å². The number of amides is 1. The molecule has 3 heterocycles. The molecule has 0 aliphatic carbocycles. The summed E-state index contributed by atoms with van der Waals surface area (Å²) < 4.78 is 11.1. The van der Waals surface area contributed by atoms with Crippen molar-refractivity contribution in [1.29, 1.82) is 0 Å². The van der Waals surface area contributed by atoms with Gasteiger partial charge in [-0.2, -0.15) is 0 Å². The quantitative estimate of drug-likeness (QED) is 0.751. The zero-order chi connectivity index (χ0) is 18.8. The van der Waals surface area contributed by atoms with Gasteiger partial charge in [-0.25, -0.2) is 0 Å². The van der Waals surface area contributed by atoms with Crippen molar-refractivity contribution in [3.05, 3.63) is 45.6 Å². The minimum absolute atomic E-state index is 0.0504. The molecule has 5 nitrogen and oxygen atoms in total. The first-order valence-electron chi connectivity index (χ1n) is 9.47. The van der Waals surface area contributed by atoms with Crippen molar-refractivity contribution in [3.63, 3.8) is 0 Å². The number of carbonyl (C=O) groups excluding carboxylic acids is 2. The highest BCUT2D eigenvalue weighted by atomic mass is 32.1. The lowest BCUT2D eigenvalue weighted by Crippen LogP contribution is -2.40. The number of nitrogens with zero attached hydrogens (tertiary/aromatic N) is 1. The Morgan fingerprint density at radius 2 is 1.85 bits per heavy atom. The van der Waals surface area contributed by atoms with Crippen LogP contribution < -0.4 is 9.47 Å². The van der Waals surface area contributed by atoms with Gasteiger partial charge in [0.05, 0.1) is 4.88 Å². The van der Waals surface area contributed by atoms with E-state index in [1.54, 1.807) is 6.07 Å². The standard InChI is InChI=1S/C21H23NO4S/c1-2-14-7-12-27-20(14)21(24)22-8-5-15(6-9-22)19(23)16-3-4-17-18(13-16)26-11-10-25-17/h3-4,7,12-13,15H,2,5-6,8-11H2,1H3. The summed E-state index contributed by atoms with van der Waals surface area (Å²) in [6.45, 7) is 4.36. The van der Waals surface area contributed by atoms with Crippen LogP contribution in [0.3, 0.4) is 0 Å². The Balaban J connectivity index is 1.40. The van der Waals surface area contributed by atoms with Crippen molar-refractivity contribution in [2.45, 2.75) is 26.2 Å². The highest BCUT2D eigenvalue weighted by molar-refractivity contribution is 7.12. The van der Waals surface area contributed by atoms with E-state index in [0.29, 0.717) is 56.2 Å². The number of aryl methyl sites for hydroxylation is 1. The summed E-state index contributed by atoms with van der Waals surface area (Å²) in [7, 11) is 0. The SMILES string of the molecule is CCc1ccsc1C(=O)N1CCC(C(=O)c2ccc3c(c2)OCCO3)CC1. The Morgan fingerprint density at radius 3 is 2.59 bits per heavy atom. The van der Waals surface area contributed by atoms with Gasteiger partial charge < -0.3 is 14.4 Å². The number of piperidine rings is 1. The van der Waals surface area contributed by atoms with E-state index in [1.165, 1.54) is 11.3 Å². The van der Waals surface area contributed by atoms with Crippen LogP contribution in [0.4, 0.5) is 0 Å². The van der Waals surface area contributed by atoms with Crippen LogP contribution >= 0.6 is 11.3 Å². The lowest BCUT2D eigenvalue weighted by molar-refractivity contribution is 0.0653. The maximum Gasteiger partial charge on any atom is 0.264 e. The first kappa shape index (κ1) is 18.0. The number of ether oxygens (including phenoxy) is 2. The van der Waals surface area contributed by atoms with Crippen molar-refractivity contribution < 1.29 is 19.1 Å². The van der Waals surface area contributed by atoms with Gasteiger partial charge in [0.2, 0.25) is 0 Å². The van der Waals surface area contributed by atoms with Gasteiger partial charge >= 0.3 is 0 Å². The van der Waals surface area contributed by atoms with Crippen LogP contribution in [0.2, 0.25) is 0 Å². The molecule has 1 fully saturated rings. The summed E-state index contributed by atoms with van der Waals surface area (Å²) in [5.41, 5.74) is 1.77. The maximum atomic E-state index is 12.9. The number of Topliss-reactive ketones (excluding diaryl/α,β-unsaturated/α-hetero) is 1. The van der Waals surface area contributed by atoms with Crippen molar-refractivity contribution in [2.75, 3.05) is 26.3 Å². The predicted octanol–water partition coefficient (Wildman–Crippen LogP) is 3.82. The summed E-state index contributed by atoms with van der Waals surface area (Å²) in [5.74, 6) is 1.52. The van der Waals surface area contributed by atoms with Crippen molar-refractivity contribution in [1.82, 2.24) is 4.90 Å². The number of benzene rings is 1. The summed E-state index contributed by atoms with van der Waals surface area (Å²) >= 11 is 1.51. The highest BCUT2D eigenvalue weighted by Gasteiger charge is 2.30. The van der Waals surface area contributed by atoms with E-state index >= 15 is 0 Å². The van der Waals surface area contributed by atoms with Crippen LogP contribution in [0, 0.1) is 5.92 Å². The van der Waals surface area contributed by atoms with Gasteiger partial charge in [0.15, 0.2) is 17.3 Å². The fourth-order valence-electron chi connectivity index (χ4n) is 3.72. The third kappa shape index (κ3) is 3.58. The molecule has 0 atom stereocenters. The van der Waals surface area contributed by atoms with E-state index in [-0.39, 0.29) is 17.6 Å². The lowest BCUT2D eigenvalue weighted by atomic mass is 9.88. The molecule has 0 radical (unpaired) electrons. The van der Waals surface area contributed by atoms with E-state index < -0.39 is 0 Å². The van der Waals surface area contributed by atoms with Crippen molar-refractivity contribution in [3.8, 4) is 11.5 Å². The summed E-state index contributed by atoms with van der Waals surface area (Å²) in [6.07, 6.45) is 2.27. The molecular weight excluding hydrogens is 362 g/mol. The topological polar surface area (TPSA) is 55.8 Å². The van der Waals surface area contributed by atoms with Crippen LogP contribution in [-0.2, 0) is 6.42 Å². The second kappa shape index (κ2) is 7.72. The average Bonchev–Trinajstić information content (AvgIpc) is 3.21. The fraction of sp³-hybridized carbons (Fsp3) is 0.429. The van der Waals surface area contributed by atoms with Gasteiger partial charge in [-0.3, -0.25) is 9.59 Å². The molecule has 1 saturated heterocycles. The smallest absolute Gasteiger partial charge is 0.264 e. The van der Waals surface area contributed by atoms with Gasteiger partial charge in [-0.15, -0.1) is 11.3 Å². The Morgan fingerprint density at radius 1 is 1.11 bits per heavy atom. The predicted molar refractivity (Wildman–Crippen MR) is 104 cm³/mol. The molecular formula is C21H23NO4S. The molecule has 6 heteroatoms. The molecule has 0 N–H and O–H groups in total. The van der Waals surface area contributed by atoms with Crippen LogP contribution in [0.5, 0.6) is 11.5 Å². The van der Waals surface area contributed by atoms with Crippen LogP contribution in [0.25, 0.3) is 0 Å². The largest absolute Gasteiger partial charge is 0.486 e. The number of hydrogen-bond acceptors (Lipinski definition) is 5. The van der Waals surface area contributed by atoms with Crippen molar-refractivity contribution in [2.24, 2.45) is 5.92 Å². The Kier molecular flexibility index (Phi) is 5.16. The van der Waals surface area contributed by atoms with E-state index in [2.05, 4.69) is 6.92 Å². The Hall–Kier alpha value is -2.34. The minimum Gasteiger partial charge on any atom is -0.486 e. The van der Waals surface area contributed by atoms with E-state index in [4.69, 9.17) is 9.47 Å². The first-order valence-corrected chi connectivity index (χ1v) is 10.3. The molecule has 4 rings (SSSR count). The number of carbonyl (C=O) groups is 2. The molecule has 2 aliphatic heterocycles. The molecule has 142 valence electrons. The molecule has 1 amide bonds. The summed E-state index contributed by atoms with van der Waals surface area (Å²) in [6, 6.07) is 7.43. The zero-order valence-electron chi connectivity index (χ0n) is 15.4. The number of fused-ring (bicyclic) bond motifs is 1. The average molecular weight is 385 g/mol. The molecule has 1 aromatic heterocycles. The van der Waals surface area contributed by atoms with Crippen molar-refractivity contribution >= 4 is 23.0 Å². The van der Waals surface area contributed by atoms with Gasteiger partial charge in [0, 0.05) is 24.6 Å². The molecule has 2 aromatic rings. The third-order valence-electron chi connectivity index (χ3n) is 5.30. The maximum absolute atomic E-state index is 12.9. The second-order valence-corrected chi connectivity index (χ2v) is 7.83. The first-order chi connectivity index (χ1) is 13.2.